The molecule has 0 fully saturated rings. The van der Waals surface area contributed by atoms with Crippen molar-refractivity contribution in [3.63, 3.8) is 0 Å². The Bertz CT molecular complexity index is 1050. The number of amides is 1. The van der Waals surface area contributed by atoms with Crippen LogP contribution in [0.2, 0.25) is 0 Å². The number of hydrogen-bond acceptors (Lipinski definition) is 4. The summed E-state index contributed by atoms with van der Waals surface area (Å²) in [7, 11) is 0. The Balaban J connectivity index is 1.40. The number of carbonyl (C=O) groups is 2. The summed E-state index contributed by atoms with van der Waals surface area (Å²) < 4.78 is 39.6. The fraction of sp³-hybridized carbons (Fsp3) is 0.333. The van der Waals surface area contributed by atoms with Crippen LogP contribution in [-0.2, 0) is 35.3 Å². The first-order chi connectivity index (χ1) is 13.3. The van der Waals surface area contributed by atoms with Crippen molar-refractivity contribution in [3.8, 4) is 0 Å². The maximum absolute atomic E-state index is 12.9. The van der Waals surface area contributed by atoms with Crippen LogP contribution in [-0.4, -0.2) is 42.9 Å². The van der Waals surface area contributed by atoms with Gasteiger partial charge in [0.1, 0.15) is 5.78 Å². The number of Topliss-reactive ketones (excluding diaryl/α,β-unsaturated/α-hetero) is 1. The fourth-order valence-electron chi connectivity index (χ4n) is 3.41. The molecule has 10 heteroatoms. The highest BCUT2D eigenvalue weighted by Crippen LogP contribution is 2.29. The van der Waals surface area contributed by atoms with Gasteiger partial charge in [0.05, 0.1) is 13.0 Å². The number of halogens is 3. The molecule has 3 heterocycles. The van der Waals surface area contributed by atoms with Crippen molar-refractivity contribution < 1.29 is 22.8 Å². The van der Waals surface area contributed by atoms with E-state index in [1.807, 2.05) is 24.3 Å². The Morgan fingerprint density at radius 1 is 1.14 bits per heavy atom. The van der Waals surface area contributed by atoms with Crippen molar-refractivity contribution >= 4 is 22.6 Å². The summed E-state index contributed by atoms with van der Waals surface area (Å²) >= 11 is 0. The number of fused-ring (bicyclic) bond motifs is 2. The van der Waals surface area contributed by atoms with E-state index in [4.69, 9.17) is 0 Å². The average Bonchev–Trinajstić information content (AvgIpc) is 3.25. The number of rotatable bonds is 4. The zero-order chi connectivity index (χ0) is 19.9. The van der Waals surface area contributed by atoms with Crippen LogP contribution in [0.25, 0.3) is 10.9 Å². The lowest BCUT2D eigenvalue weighted by molar-refractivity contribution is -0.148. The van der Waals surface area contributed by atoms with Crippen LogP contribution in [0.4, 0.5) is 13.2 Å². The molecular formula is C18H16F3N5O2. The van der Waals surface area contributed by atoms with Gasteiger partial charge in [-0.15, -0.1) is 10.2 Å². The van der Waals surface area contributed by atoms with Crippen molar-refractivity contribution in [2.24, 2.45) is 0 Å². The minimum Gasteiger partial charge on any atom is -0.361 e. The van der Waals surface area contributed by atoms with E-state index in [0.29, 0.717) is 0 Å². The van der Waals surface area contributed by atoms with Crippen LogP contribution >= 0.6 is 0 Å². The highest BCUT2D eigenvalue weighted by molar-refractivity contribution is 6.00. The van der Waals surface area contributed by atoms with Gasteiger partial charge in [0.2, 0.25) is 11.7 Å². The molecule has 0 bridgehead atoms. The molecule has 1 aliphatic heterocycles. The summed E-state index contributed by atoms with van der Waals surface area (Å²) in [6, 6.07) is 7.54. The van der Waals surface area contributed by atoms with E-state index in [0.717, 1.165) is 21.0 Å². The van der Waals surface area contributed by atoms with Crippen molar-refractivity contribution in [2.45, 2.75) is 32.1 Å². The monoisotopic (exact) mass is 391 g/mol. The molecule has 7 nitrogen and oxygen atoms in total. The first kappa shape index (κ1) is 18.2. The van der Waals surface area contributed by atoms with E-state index < -0.39 is 17.9 Å². The zero-order valence-electron chi connectivity index (χ0n) is 14.7. The Morgan fingerprint density at radius 2 is 1.93 bits per heavy atom. The number of para-hydroxylation sites is 1. The topological polar surface area (TPSA) is 83.9 Å². The third-order valence-corrected chi connectivity index (χ3v) is 4.77. The standard InChI is InChI=1S/C18H16F3N5O2/c19-18(20,21)17-24-23-15-10-25(5-6-26(15)17)16(28)8-12(27)7-11-9-22-14-4-2-1-3-13(11)14/h1-4,9,22H,5-8,10H2. The summed E-state index contributed by atoms with van der Waals surface area (Å²) in [5.41, 5.74) is 1.72. The molecule has 2 aromatic heterocycles. The van der Waals surface area contributed by atoms with Crippen molar-refractivity contribution in [1.82, 2.24) is 24.6 Å². The Hall–Kier alpha value is -3.17. The van der Waals surface area contributed by atoms with E-state index in [1.54, 1.807) is 6.20 Å². The second-order valence-electron chi connectivity index (χ2n) is 6.66. The number of alkyl halides is 3. The second kappa shape index (κ2) is 6.77. The second-order valence-corrected chi connectivity index (χ2v) is 6.66. The van der Waals surface area contributed by atoms with Gasteiger partial charge in [-0.05, 0) is 11.6 Å². The van der Waals surface area contributed by atoms with Crippen LogP contribution < -0.4 is 0 Å². The maximum Gasteiger partial charge on any atom is 0.451 e. The predicted octanol–water partition coefficient (Wildman–Crippen LogP) is 2.32. The van der Waals surface area contributed by atoms with Crippen LogP contribution in [0.3, 0.4) is 0 Å². The lowest BCUT2D eigenvalue weighted by atomic mass is 10.1. The van der Waals surface area contributed by atoms with Gasteiger partial charge in [-0.1, -0.05) is 18.2 Å². The van der Waals surface area contributed by atoms with Crippen molar-refractivity contribution in [3.05, 3.63) is 47.7 Å². The number of nitrogens with zero attached hydrogens (tertiary/aromatic N) is 4. The minimum absolute atomic E-state index is 0.0560. The van der Waals surface area contributed by atoms with Gasteiger partial charge in [-0.25, -0.2) is 0 Å². The predicted molar refractivity (Wildman–Crippen MR) is 92.1 cm³/mol. The molecule has 28 heavy (non-hydrogen) atoms. The number of aromatic nitrogens is 4. The van der Waals surface area contributed by atoms with Crippen molar-refractivity contribution in [1.29, 1.82) is 0 Å². The molecule has 1 aromatic carbocycles. The Kier molecular flexibility index (Phi) is 4.40. The molecule has 146 valence electrons. The van der Waals surface area contributed by atoms with Crippen molar-refractivity contribution in [2.75, 3.05) is 6.54 Å². The average molecular weight is 391 g/mol. The molecule has 0 radical (unpaired) electrons. The molecule has 3 aromatic rings. The van der Waals surface area contributed by atoms with Gasteiger partial charge in [-0.3, -0.25) is 9.59 Å². The van der Waals surface area contributed by atoms with Gasteiger partial charge in [-0.2, -0.15) is 13.2 Å². The molecule has 0 saturated carbocycles. The first-order valence-corrected chi connectivity index (χ1v) is 8.66. The number of carbonyl (C=O) groups excluding carboxylic acids is 2. The van der Waals surface area contributed by atoms with Gasteiger partial charge < -0.3 is 14.5 Å². The molecule has 1 aliphatic rings. The maximum atomic E-state index is 12.9. The molecule has 0 saturated heterocycles. The summed E-state index contributed by atoms with van der Waals surface area (Å²) in [6.45, 7) is -0.0743. The van der Waals surface area contributed by atoms with E-state index >= 15 is 0 Å². The number of benzene rings is 1. The molecule has 0 spiro atoms. The van der Waals surface area contributed by atoms with Gasteiger partial charge in [0, 0.05) is 36.6 Å². The lowest BCUT2D eigenvalue weighted by Crippen LogP contribution is -2.40. The highest BCUT2D eigenvalue weighted by atomic mass is 19.4. The summed E-state index contributed by atoms with van der Waals surface area (Å²) in [5, 5.41) is 7.65. The van der Waals surface area contributed by atoms with Crippen LogP contribution in [0, 0.1) is 0 Å². The number of hydrogen-bond donors (Lipinski definition) is 1. The highest BCUT2D eigenvalue weighted by Gasteiger charge is 2.39. The normalized spacial score (nSPS) is 14.3. The van der Waals surface area contributed by atoms with E-state index in [1.165, 1.54) is 4.90 Å². The molecule has 1 N–H and O–H groups in total. The van der Waals surface area contributed by atoms with E-state index in [-0.39, 0.29) is 44.1 Å². The summed E-state index contributed by atoms with van der Waals surface area (Å²) in [5.74, 6) is -1.67. The van der Waals surface area contributed by atoms with E-state index in [2.05, 4.69) is 15.2 Å². The molecule has 4 rings (SSSR count). The quantitative estimate of drug-likeness (QED) is 0.692. The number of aromatic amines is 1. The number of ketones is 1. The Morgan fingerprint density at radius 3 is 2.71 bits per heavy atom. The first-order valence-electron chi connectivity index (χ1n) is 8.66. The smallest absolute Gasteiger partial charge is 0.361 e. The fourth-order valence-corrected chi connectivity index (χ4v) is 3.41. The zero-order valence-corrected chi connectivity index (χ0v) is 14.7. The summed E-state index contributed by atoms with van der Waals surface area (Å²) in [6.07, 6.45) is -3.04. The molecular weight excluding hydrogens is 375 g/mol. The SMILES string of the molecule is O=C(CC(=O)N1CCn2c(nnc2C(F)(F)F)C1)Cc1c[nH]c2ccccc12. The van der Waals surface area contributed by atoms with Crippen LogP contribution in [0.5, 0.6) is 0 Å². The summed E-state index contributed by atoms with van der Waals surface area (Å²) in [4.78, 5) is 29.2. The van der Waals surface area contributed by atoms with Crippen LogP contribution in [0.15, 0.2) is 30.5 Å². The van der Waals surface area contributed by atoms with Crippen LogP contribution in [0.1, 0.15) is 23.6 Å². The lowest BCUT2D eigenvalue weighted by Gasteiger charge is -2.27. The number of nitrogens with one attached hydrogen (secondary N) is 1. The molecule has 0 aliphatic carbocycles. The molecule has 0 unspecified atom stereocenters. The van der Waals surface area contributed by atoms with Gasteiger partial charge in [0.15, 0.2) is 5.82 Å². The third kappa shape index (κ3) is 3.37. The van der Waals surface area contributed by atoms with Gasteiger partial charge >= 0.3 is 6.18 Å². The Labute approximate surface area is 157 Å². The third-order valence-electron chi connectivity index (χ3n) is 4.77. The molecule has 1 amide bonds. The van der Waals surface area contributed by atoms with E-state index in [9.17, 15) is 22.8 Å². The largest absolute Gasteiger partial charge is 0.451 e. The van der Waals surface area contributed by atoms with Gasteiger partial charge in [0.25, 0.3) is 0 Å². The molecule has 0 atom stereocenters. The number of H-pyrrole nitrogens is 1. The minimum atomic E-state index is -4.59.